The molecule has 0 spiro atoms. The number of aliphatic hydroxyl groups is 1. The summed E-state index contributed by atoms with van der Waals surface area (Å²) < 4.78 is 10.8. The van der Waals surface area contributed by atoms with Gasteiger partial charge >= 0.3 is 0 Å². The highest BCUT2D eigenvalue weighted by Gasteiger charge is 2.46. The van der Waals surface area contributed by atoms with Crippen molar-refractivity contribution < 1.29 is 24.2 Å². The average Bonchev–Trinajstić information content (AvgIpc) is 2.98. The monoisotopic (exact) mass is 443 g/mol. The summed E-state index contributed by atoms with van der Waals surface area (Å²) in [6, 6.07) is 11.3. The summed E-state index contributed by atoms with van der Waals surface area (Å²) in [6.45, 7) is 6.10. The number of Topliss-reactive ketones (excluding diaryl/α,β-unsaturated/α-hetero) is 1. The van der Waals surface area contributed by atoms with Crippen molar-refractivity contribution in [1.29, 1.82) is 0 Å². The summed E-state index contributed by atoms with van der Waals surface area (Å²) in [5.74, 6) is -0.974. The molecule has 1 fully saturated rings. The molecule has 1 atom stereocenters. The standard InChI is InChI=1S/C24H26ClNO5/c1-14(2)31-12-11-26-21(16-5-7-17(25)8-6-16)20(23(28)24(26)29)22(27)19-10-9-18(30-4)13-15(19)3/h5-10,13-14,21,27H,11-12H2,1-4H3/b22-20-. The second kappa shape index (κ2) is 9.54. The zero-order valence-corrected chi connectivity index (χ0v) is 18.8. The summed E-state index contributed by atoms with van der Waals surface area (Å²) >= 11 is 6.03. The highest BCUT2D eigenvalue weighted by atomic mass is 35.5. The third-order valence-electron chi connectivity index (χ3n) is 5.20. The fraction of sp³-hybridized carbons (Fsp3) is 0.333. The van der Waals surface area contributed by atoms with Gasteiger partial charge in [-0.25, -0.2) is 0 Å². The van der Waals surface area contributed by atoms with Gasteiger partial charge in [0.1, 0.15) is 11.5 Å². The molecule has 2 aromatic rings. The minimum absolute atomic E-state index is 0.00671. The van der Waals surface area contributed by atoms with E-state index in [0.29, 0.717) is 21.9 Å². The van der Waals surface area contributed by atoms with E-state index in [9.17, 15) is 14.7 Å². The Bertz CT molecular complexity index is 1010. The van der Waals surface area contributed by atoms with Crippen LogP contribution in [0.1, 0.15) is 36.6 Å². The molecule has 0 bridgehead atoms. The number of aryl methyl sites for hydroxylation is 1. The van der Waals surface area contributed by atoms with E-state index >= 15 is 0 Å². The third-order valence-corrected chi connectivity index (χ3v) is 5.45. The van der Waals surface area contributed by atoms with E-state index in [0.717, 1.165) is 5.56 Å². The number of carbonyl (C=O) groups is 2. The zero-order valence-electron chi connectivity index (χ0n) is 18.0. The number of amides is 1. The molecule has 1 unspecified atom stereocenters. The lowest BCUT2D eigenvalue weighted by Crippen LogP contribution is -2.33. The van der Waals surface area contributed by atoms with Gasteiger partial charge in [0, 0.05) is 17.1 Å². The molecule has 0 saturated carbocycles. The van der Waals surface area contributed by atoms with Crippen molar-refractivity contribution in [3.05, 3.63) is 69.8 Å². The fourth-order valence-electron chi connectivity index (χ4n) is 3.66. The summed E-state index contributed by atoms with van der Waals surface area (Å²) in [7, 11) is 1.56. The Kier molecular flexibility index (Phi) is 7.03. The molecule has 0 aromatic heterocycles. The smallest absolute Gasteiger partial charge is 0.295 e. The van der Waals surface area contributed by atoms with Gasteiger partial charge in [-0.3, -0.25) is 9.59 Å². The highest BCUT2D eigenvalue weighted by molar-refractivity contribution is 6.46. The van der Waals surface area contributed by atoms with Crippen molar-refractivity contribution in [1.82, 2.24) is 4.90 Å². The summed E-state index contributed by atoms with van der Waals surface area (Å²) in [5.41, 5.74) is 1.92. The molecule has 164 valence electrons. The van der Waals surface area contributed by atoms with E-state index in [-0.39, 0.29) is 30.6 Å². The second-order valence-electron chi connectivity index (χ2n) is 7.64. The van der Waals surface area contributed by atoms with Gasteiger partial charge < -0.3 is 19.5 Å². The molecule has 1 heterocycles. The Morgan fingerprint density at radius 1 is 1.16 bits per heavy atom. The number of ether oxygens (including phenoxy) is 2. The van der Waals surface area contributed by atoms with Gasteiger partial charge in [0.15, 0.2) is 0 Å². The number of hydrogen-bond donors (Lipinski definition) is 1. The number of aliphatic hydroxyl groups excluding tert-OH is 1. The summed E-state index contributed by atoms with van der Waals surface area (Å²) in [6.07, 6.45) is -0.00671. The number of ketones is 1. The van der Waals surface area contributed by atoms with E-state index < -0.39 is 17.7 Å². The first-order valence-electron chi connectivity index (χ1n) is 10.0. The first kappa shape index (κ1) is 22.8. The normalized spacial score (nSPS) is 18.1. The fourth-order valence-corrected chi connectivity index (χ4v) is 3.79. The lowest BCUT2D eigenvalue weighted by molar-refractivity contribution is -0.140. The predicted octanol–water partition coefficient (Wildman–Crippen LogP) is 4.50. The predicted molar refractivity (Wildman–Crippen MR) is 119 cm³/mol. The van der Waals surface area contributed by atoms with E-state index in [1.54, 1.807) is 56.5 Å². The van der Waals surface area contributed by atoms with E-state index in [2.05, 4.69) is 0 Å². The van der Waals surface area contributed by atoms with Crippen molar-refractivity contribution in [3.8, 4) is 5.75 Å². The Morgan fingerprint density at radius 2 is 1.84 bits per heavy atom. The molecular formula is C24H26ClNO5. The van der Waals surface area contributed by atoms with Crippen LogP contribution in [0.15, 0.2) is 48.0 Å². The van der Waals surface area contributed by atoms with Crippen molar-refractivity contribution in [2.45, 2.75) is 32.9 Å². The molecule has 0 aliphatic carbocycles. The largest absolute Gasteiger partial charge is 0.507 e. The van der Waals surface area contributed by atoms with Crippen molar-refractivity contribution in [2.24, 2.45) is 0 Å². The number of nitrogens with zero attached hydrogens (tertiary/aromatic N) is 1. The van der Waals surface area contributed by atoms with Crippen LogP contribution in [0.25, 0.3) is 5.76 Å². The first-order chi connectivity index (χ1) is 14.7. The lowest BCUT2D eigenvalue weighted by atomic mass is 9.94. The quantitative estimate of drug-likeness (QED) is 0.387. The van der Waals surface area contributed by atoms with E-state index in [1.165, 1.54) is 4.90 Å². The Balaban J connectivity index is 2.11. The van der Waals surface area contributed by atoms with Crippen molar-refractivity contribution in [2.75, 3.05) is 20.3 Å². The van der Waals surface area contributed by atoms with Gasteiger partial charge in [0.2, 0.25) is 0 Å². The summed E-state index contributed by atoms with van der Waals surface area (Å²) in [5, 5.41) is 11.7. The maximum Gasteiger partial charge on any atom is 0.295 e. The minimum atomic E-state index is -0.741. The van der Waals surface area contributed by atoms with Crippen LogP contribution in [-0.2, 0) is 14.3 Å². The van der Waals surface area contributed by atoms with Gasteiger partial charge in [-0.1, -0.05) is 23.7 Å². The molecule has 2 aromatic carbocycles. The zero-order chi connectivity index (χ0) is 22.7. The number of benzene rings is 2. The molecule has 1 N–H and O–H groups in total. The summed E-state index contributed by atoms with van der Waals surface area (Å²) in [4.78, 5) is 27.3. The molecule has 7 heteroatoms. The lowest BCUT2D eigenvalue weighted by Gasteiger charge is -2.26. The molecule has 1 saturated heterocycles. The number of hydrogen-bond acceptors (Lipinski definition) is 5. The number of carbonyl (C=O) groups excluding carboxylic acids is 2. The van der Waals surface area contributed by atoms with Gasteiger partial charge in [-0.05, 0) is 62.2 Å². The van der Waals surface area contributed by atoms with Crippen LogP contribution >= 0.6 is 11.6 Å². The Morgan fingerprint density at radius 3 is 2.42 bits per heavy atom. The van der Waals surface area contributed by atoms with Crippen LogP contribution in [-0.4, -0.2) is 48.1 Å². The topological polar surface area (TPSA) is 76.1 Å². The molecule has 3 rings (SSSR count). The van der Waals surface area contributed by atoms with E-state index in [1.807, 2.05) is 13.8 Å². The van der Waals surface area contributed by atoms with Gasteiger partial charge in [-0.15, -0.1) is 0 Å². The molecule has 0 radical (unpaired) electrons. The van der Waals surface area contributed by atoms with Gasteiger partial charge in [-0.2, -0.15) is 0 Å². The van der Waals surface area contributed by atoms with E-state index in [4.69, 9.17) is 21.1 Å². The molecule has 1 amide bonds. The third kappa shape index (κ3) is 4.75. The number of halogens is 1. The van der Waals surface area contributed by atoms with Crippen LogP contribution in [0.2, 0.25) is 5.02 Å². The van der Waals surface area contributed by atoms with Crippen LogP contribution in [0.3, 0.4) is 0 Å². The highest BCUT2D eigenvalue weighted by Crippen LogP contribution is 2.40. The number of likely N-dealkylation sites (tertiary alicyclic amines) is 1. The first-order valence-corrected chi connectivity index (χ1v) is 10.4. The van der Waals surface area contributed by atoms with Crippen molar-refractivity contribution >= 4 is 29.1 Å². The molecule has 1 aliphatic heterocycles. The Hall–Kier alpha value is -2.83. The van der Waals surface area contributed by atoms with Crippen LogP contribution < -0.4 is 4.74 Å². The molecule has 6 nitrogen and oxygen atoms in total. The van der Waals surface area contributed by atoms with Crippen LogP contribution in [0.4, 0.5) is 0 Å². The minimum Gasteiger partial charge on any atom is -0.507 e. The van der Waals surface area contributed by atoms with Crippen molar-refractivity contribution in [3.63, 3.8) is 0 Å². The Labute approximate surface area is 187 Å². The van der Waals surface area contributed by atoms with Crippen LogP contribution in [0.5, 0.6) is 5.75 Å². The van der Waals surface area contributed by atoms with Crippen LogP contribution in [0, 0.1) is 6.92 Å². The van der Waals surface area contributed by atoms with Gasteiger partial charge in [0.05, 0.1) is 31.4 Å². The number of rotatable bonds is 7. The molecular weight excluding hydrogens is 418 g/mol. The molecule has 31 heavy (non-hydrogen) atoms. The average molecular weight is 444 g/mol. The SMILES string of the molecule is COc1ccc(/C(O)=C2/C(=O)C(=O)N(CCOC(C)C)C2c2ccc(Cl)cc2)c(C)c1. The van der Waals surface area contributed by atoms with Gasteiger partial charge in [0.25, 0.3) is 11.7 Å². The number of methoxy groups -OCH3 is 1. The molecule has 1 aliphatic rings. The maximum absolute atomic E-state index is 13.0. The maximum atomic E-state index is 13.0. The second-order valence-corrected chi connectivity index (χ2v) is 8.08.